The summed E-state index contributed by atoms with van der Waals surface area (Å²) in [5.41, 5.74) is 0. The molecule has 0 aromatic carbocycles. The molecule has 0 N–H and O–H groups in total. The monoisotopic (exact) mass is 872 g/mol. The summed E-state index contributed by atoms with van der Waals surface area (Å²) in [5, 5.41) is 0. The average Bonchev–Trinajstić information content (AvgIpc) is 2.51. The first-order chi connectivity index (χ1) is 15.6. The molecule has 236 valence electrons. The Bertz CT molecular complexity index is 837. The van der Waals surface area contributed by atoms with E-state index in [0.29, 0.717) is 0 Å². The molecular weight excluding hydrogens is 865 g/mol. The smallest absolute Gasteiger partial charge is 0.790 e. The third kappa shape index (κ3) is 20.0. The van der Waals surface area contributed by atoms with Crippen molar-refractivity contribution in [2.24, 2.45) is 0 Å². The normalized spacial score (nSPS) is 26.4. The largest absolute Gasteiger partial charge is 3.00 e. The number of phosphoric acid groups is 6. The van der Waals surface area contributed by atoms with Crippen LogP contribution in [0.2, 0.25) is 0 Å². The van der Waals surface area contributed by atoms with Crippen LogP contribution in [0.3, 0.4) is 0 Å². The third-order valence-corrected chi connectivity index (χ3v) is 6.46. The fourth-order valence-corrected chi connectivity index (χ4v) is 5.96. The van der Waals surface area contributed by atoms with Gasteiger partial charge in [0, 0.05) is 0 Å². The summed E-state index contributed by atoms with van der Waals surface area (Å²) in [7, 11) is -40.1. The summed E-state index contributed by atoms with van der Waals surface area (Å²) in [5.74, 6) is 0. The summed E-state index contributed by atoms with van der Waals surface area (Å²) >= 11 is 0. The van der Waals surface area contributed by atoms with Crippen LogP contribution in [-0.2, 0) is 123 Å². The molecule has 24 nitrogen and oxygen atoms in total. The number of phosphoric ester groups is 6. The van der Waals surface area contributed by atoms with Crippen molar-refractivity contribution in [2.45, 2.75) is 36.6 Å². The summed E-state index contributed by atoms with van der Waals surface area (Å²) < 4.78 is 88.3. The van der Waals surface area contributed by atoms with Crippen LogP contribution in [-0.4, -0.2) is 36.6 Å². The van der Waals surface area contributed by atoms with Gasteiger partial charge in [-0.15, -0.1) is 0 Å². The van der Waals surface area contributed by atoms with Crippen molar-refractivity contribution >= 4 is 46.9 Å². The number of hydrogen-bond acceptors (Lipinski definition) is 24. The molecule has 0 spiro atoms. The molecule has 1 rings (SSSR count). The Kier molecular flexibility index (Phi) is 21.8. The zero-order valence-corrected chi connectivity index (χ0v) is 27.1. The fourth-order valence-electron chi connectivity index (χ4n) is 2.74. The van der Waals surface area contributed by atoms with Crippen LogP contribution in [0.1, 0.15) is 0 Å². The average molecular weight is 871 g/mol. The molecule has 0 aliphatic heterocycles. The SMILES string of the molecule is O=P([O-])([O-])OC1C(OP(=O)([O-])[O-])C(OP(=O)([O-])[O-])C(OP(=O)([O-])[O-])C(OP(=O)([O-])[O-])C1OP(=O)([O-])[O-].[Fe+3].[Fe+3].[Fe+3].[Fe+3]. The molecular formula is C6H6Fe4O24P6. The van der Waals surface area contributed by atoms with Crippen LogP contribution < -0.4 is 58.7 Å². The fraction of sp³-hybridized carbons (Fsp3) is 1.00. The van der Waals surface area contributed by atoms with E-state index >= 15 is 0 Å². The van der Waals surface area contributed by atoms with E-state index in [1.165, 1.54) is 0 Å². The van der Waals surface area contributed by atoms with Crippen LogP contribution >= 0.6 is 46.9 Å². The molecule has 0 amide bonds. The van der Waals surface area contributed by atoms with E-state index in [1.54, 1.807) is 0 Å². The topological polar surface area (TPSA) is 435 Å². The van der Waals surface area contributed by atoms with Crippen molar-refractivity contribution in [3.05, 3.63) is 0 Å². The van der Waals surface area contributed by atoms with Gasteiger partial charge < -0.3 is 113 Å². The van der Waals surface area contributed by atoms with Crippen molar-refractivity contribution in [3.8, 4) is 0 Å². The van der Waals surface area contributed by atoms with Crippen molar-refractivity contribution in [1.82, 2.24) is 0 Å². The second-order valence-corrected chi connectivity index (χ2v) is 12.7. The molecule has 1 fully saturated rings. The first-order valence-corrected chi connectivity index (χ1v) is 16.6. The standard InChI is InChI=1S/C6H18O24P6.4Fe/c7-31(8,9)25-1-2(26-32(10,11)12)4(28-34(16,17)18)6(30-36(22,23)24)5(29-35(19,20)21)3(1)27-33(13,14)15;;;;/h1-6H,(H2,7,8,9)(H2,10,11,12)(H2,13,14,15)(H2,16,17,18)(H2,19,20,21)(H2,22,23,24);;;;/q;4*+3/p-12. The van der Waals surface area contributed by atoms with Gasteiger partial charge in [0.05, 0.1) is 46.9 Å². The quantitative estimate of drug-likeness (QED) is 0.130. The molecule has 0 bridgehead atoms. The number of hydrogen-bond donors (Lipinski definition) is 0. The van der Waals surface area contributed by atoms with Gasteiger partial charge in [0.25, 0.3) is 0 Å². The molecule has 0 aromatic heterocycles. The molecule has 34 heteroatoms. The second kappa shape index (κ2) is 17.6. The molecule has 4 radical (unpaired) electrons. The molecule has 1 aliphatic rings. The zero-order valence-electron chi connectivity index (χ0n) is 17.4. The minimum Gasteiger partial charge on any atom is -0.790 e. The third-order valence-electron chi connectivity index (χ3n) is 3.45. The van der Waals surface area contributed by atoms with E-state index in [2.05, 4.69) is 27.1 Å². The van der Waals surface area contributed by atoms with Crippen molar-refractivity contribution in [3.63, 3.8) is 0 Å². The van der Waals surface area contributed by atoms with Crippen molar-refractivity contribution in [2.75, 3.05) is 0 Å². The Balaban J connectivity index is -0.00000162. The van der Waals surface area contributed by atoms with Crippen molar-refractivity contribution in [1.29, 1.82) is 0 Å². The minimum atomic E-state index is -6.68. The first kappa shape index (κ1) is 49.6. The van der Waals surface area contributed by atoms with E-state index in [-0.39, 0.29) is 68.3 Å². The van der Waals surface area contributed by atoms with Crippen molar-refractivity contribution < 1.29 is 182 Å². The predicted octanol–water partition coefficient (Wildman–Crippen LogP) is -10.7. The molecule has 1 aliphatic carbocycles. The van der Waals surface area contributed by atoms with Crippen LogP contribution in [0.15, 0.2) is 0 Å². The first-order valence-electron chi connectivity index (χ1n) is 7.80. The minimum absolute atomic E-state index is 0. The Morgan fingerprint density at radius 3 is 0.400 bits per heavy atom. The van der Waals surface area contributed by atoms with E-state index in [9.17, 15) is 86.1 Å². The Morgan fingerprint density at radius 1 is 0.275 bits per heavy atom. The molecule has 1 saturated carbocycles. The zero-order chi connectivity index (χ0) is 28.7. The summed E-state index contributed by atoms with van der Waals surface area (Å²) in [6.07, 6.45) is -21.5. The van der Waals surface area contributed by atoms with Gasteiger partial charge in [-0.2, -0.15) is 0 Å². The Morgan fingerprint density at radius 2 is 0.350 bits per heavy atom. The predicted molar refractivity (Wildman–Crippen MR) is 74.9 cm³/mol. The molecule has 0 saturated heterocycles. The number of rotatable bonds is 12. The molecule has 0 unspecified atom stereocenters. The van der Waals surface area contributed by atoms with Gasteiger partial charge in [0.2, 0.25) is 0 Å². The molecule has 40 heavy (non-hydrogen) atoms. The van der Waals surface area contributed by atoms with Gasteiger partial charge in [-0.05, 0) is 0 Å². The van der Waals surface area contributed by atoms with Gasteiger partial charge in [0.1, 0.15) is 36.6 Å². The van der Waals surface area contributed by atoms with Gasteiger partial charge >= 0.3 is 68.3 Å². The van der Waals surface area contributed by atoms with E-state index in [0.717, 1.165) is 0 Å². The summed E-state index contributed by atoms with van der Waals surface area (Å²) in [6.45, 7) is 0. The van der Waals surface area contributed by atoms with Gasteiger partial charge in [-0.3, -0.25) is 0 Å². The Labute approximate surface area is 263 Å². The second-order valence-electron chi connectivity index (χ2n) is 6.10. The van der Waals surface area contributed by atoms with E-state index in [1.807, 2.05) is 0 Å². The molecule has 0 heterocycles. The van der Waals surface area contributed by atoms with Crippen LogP contribution in [0.25, 0.3) is 0 Å². The Hall–Kier alpha value is 2.74. The van der Waals surface area contributed by atoms with E-state index < -0.39 is 83.6 Å². The summed E-state index contributed by atoms with van der Waals surface area (Å²) in [4.78, 5) is 133. The van der Waals surface area contributed by atoms with Crippen LogP contribution in [0, 0.1) is 0 Å². The van der Waals surface area contributed by atoms with Gasteiger partial charge in [0.15, 0.2) is 0 Å². The molecule has 0 aromatic rings. The van der Waals surface area contributed by atoms with Crippen LogP contribution in [0.5, 0.6) is 0 Å². The maximum Gasteiger partial charge on any atom is 3.00 e. The van der Waals surface area contributed by atoms with Crippen LogP contribution in [0.4, 0.5) is 0 Å². The molecule has 0 atom stereocenters. The van der Waals surface area contributed by atoms with E-state index in [4.69, 9.17) is 0 Å². The summed E-state index contributed by atoms with van der Waals surface area (Å²) in [6, 6.07) is 0. The maximum absolute atomic E-state index is 11.1. The maximum atomic E-state index is 11.1. The van der Waals surface area contributed by atoms with Gasteiger partial charge in [-0.1, -0.05) is 0 Å². The van der Waals surface area contributed by atoms with Gasteiger partial charge in [-0.25, -0.2) is 0 Å².